The molecule has 0 bridgehead atoms. The zero-order valence-electron chi connectivity index (χ0n) is 7.73. The number of carbonyl (C=O) groups excluding carboxylic acids is 1. The molecular weight excluding hydrogens is 238 g/mol. The number of carboxylic acid groups (broad SMARTS) is 2. The van der Waals surface area contributed by atoms with Gasteiger partial charge in [-0.3, -0.25) is 4.79 Å². The molecule has 6 nitrogen and oxygen atoms in total. The third-order valence-electron chi connectivity index (χ3n) is 1.85. The van der Waals surface area contributed by atoms with Gasteiger partial charge in [0.05, 0.1) is 21.7 Å². The van der Waals surface area contributed by atoms with Gasteiger partial charge < -0.3 is 15.9 Å². The molecule has 0 spiro atoms. The summed E-state index contributed by atoms with van der Waals surface area (Å²) < 4.78 is 0. The second kappa shape index (κ2) is 4.19. The lowest BCUT2D eigenvalue weighted by atomic mass is 10.0. The molecule has 4 N–H and O–H groups in total. The van der Waals surface area contributed by atoms with Gasteiger partial charge >= 0.3 is 11.9 Å². The van der Waals surface area contributed by atoms with Gasteiger partial charge in [0.1, 0.15) is 0 Å². The number of carboxylic acids is 2. The van der Waals surface area contributed by atoms with Crippen molar-refractivity contribution in [3.63, 3.8) is 0 Å². The highest BCUT2D eigenvalue weighted by atomic mass is 35.5. The molecule has 1 amide bonds. The number of carbonyl (C=O) groups is 3. The Morgan fingerprint density at radius 1 is 1.06 bits per heavy atom. The average molecular weight is 244 g/mol. The highest BCUT2D eigenvalue weighted by Gasteiger charge is 2.24. The van der Waals surface area contributed by atoms with E-state index in [0.29, 0.717) is 0 Å². The lowest BCUT2D eigenvalue weighted by Gasteiger charge is -2.07. The summed E-state index contributed by atoms with van der Waals surface area (Å²) in [5, 5.41) is 17.3. The van der Waals surface area contributed by atoms with Crippen LogP contribution in [0.3, 0.4) is 0 Å². The molecule has 0 saturated heterocycles. The van der Waals surface area contributed by atoms with Gasteiger partial charge in [0.15, 0.2) is 0 Å². The minimum Gasteiger partial charge on any atom is -0.478 e. The number of hydrogen-bond donors (Lipinski definition) is 3. The van der Waals surface area contributed by atoms with Crippen molar-refractivity contribution in [2.75, 3.05) is 0 Å². The first kappa shape index (κ1) is 12.0. The SMILES string of the molecule is NC(=O)c1c(C(=O)O)ccc(Cl)c1C(=O)O. The first-order valence-electron chi connectivity index (χ1n) is 3.95. The van der Waals surface area contributed by atoms with Gasteiger partial charge in [0.25, 0.3) is 5.91 Å². The molecule has 1 aromatic rings. The summed E-state index contributed by atoms with van der Waals surface area (Å²) in [5.74, 6) is -4.12. The number of halogens is 1. The Morgan fingerprint density at radius 3 is 2.00 bits per heavy atom. The maximum Gasteiger partial charge on any atom is 0.338 e. The highest BCUT2D eigenvalue weighted by Crippen LogP contribution is 2.23. The van der Waals surface area contributed by atoms with Crippen molar-refractivity contribution < 1.29 is 24.6 Å². The van der Waals surface area contributed by atoms with Crippen molar-refractivity contribution >= 4 is 29.4 Å². The first-order valence-corrected chi connectivity index (χ1v) is 4.33. The van der Waals surface area contributed by atoms with Crippen LogP contribution in [0.1, 0.15) is 31.1 Å². The van der Waals surface area contributed by atoms with Crippen molar-refractivity contribution in [2.45, 2.75) is 0 Å². The molecule has 0 saturated carbocycles. The van der Waals surface area contributed by atoms with Crippen LogP contribution in [0.5, 0.6) is 0 Å². The van der Waals surface area contributed by atoms with Crippen LogP contribution in [-0.2, 0) is 0 Å². The topological polar surface area (TPSA) is 118 Å². The monoisotopic (exact) mass is 243 g/mol. The number of rotatable bonds is 3. The molecule has 0 unspecified atom stereocenters. The molecule has 0 heterocycles. The predicted molar refractivity (Wildman–Crippen MR) is 53.9 cm³/mol. The third kappa shape index (κ3) is 1.96. The molecule has 0 aromatic heterocycles. The number of amides is 1. The Kier molecular flexibility index (Phi) is 3.14. The summed E-state index contributed by atoms with van der Waals surface area (Å²) in [6, 6.07) is 2.11. The van der Waals surface area contributed by atoms with Crippen LogP contribution in [0.15, 0.2) is 12.1 Å². The van der Waals surface area contributed by atoms with Crippen LogP contribution in [-0.4, -0.2) is 28.1 Å². The number of benzene rings is 1. The van der Waals surface area contributed by atoms with Gasteiger partial charge in [-0.05, 0) is 12.1 Å². The van der Waals surface area contributed by atoms with Gasteiger partial charge in [-0.25, -0.2) is 9.59 Å². The summed E-state index contributed by atoms with van der Waals surface area (Å²) in [6.07, 6.45) is 0. The standard InChI is InChI=1S/C9H6ClNO5/c10-4-2-1-3(8(13)14)5(7(11)12)6(4)9(15)16/h1-2H,(H2,11,12)(H,13,14)(H,15,16). The van der Waals surface area contributed by atoms with E-state index in [9.17, 15) is 14.4 Å². The summed E-state index contributed by atoms with van der Waals surface area (Å²) in [4.78, 5) is 32.6. The molecule has 0 aliphatic carbocycles. The van der Waals surface area contributed by atoms with Gasteiger partial charge in [-0.2, -0.15) is 0 Å². The minimum atomic E-state index is -1.51. The van der Waals surface area contributed by atoms with E-state index in [1.54, 1.807) is 0 Å². The van der Waals surface area contributed by atoms with E-state index >= 15 is 0 Å². The first-order chi connectivity index (χ1) is 7.36. The van der Waals surface area contributed by atoms with E-state index in [4.69, 9.17) is 27.5 Å². The molecule has 1 aromatic carbocycles. The molecule has 0 aliphatic rings. The van der Waals surface area contributed by atoms with Crippen LogP contribution >= 0.6 is 11.6 Å². The Balaban J connectivity index is 3.70. The summed E-state index contributed by atoms with van der Waals surface area (Å²) in [6.45, 7) is 0. The Hall–Kier alpha value is -2.08. The van der Waals surface area contributed by atoms with Crippen LogP contribution < -0.4 is 5.73 Å². The number of aromatic carboxylic acids is 2. The van der Waals surface area contributed by atoms with Gasteiger partial charge in [0.2, 0.25) is 0 Å². The molecule has 0 fully saturated rings. The second-order valence-corrected chi connectivity index (χ2v) is 3.23. The van der Waals surface area contributed by atoms with Crippen LogP contribution in [0.25, 0.3) is 0 Å². The van der Waals surface area contributed by atoms with Crippen LogP contribution in [0.2, 0.25) is 5.02 Å². The summed E-state index contributed by atoms with van der Waals surface area (Å²) in [7, 11) is 0. The van der Waals surface area contributed by atoms with Crippen molar-refractivity contribution in [3.8, 4) is 0 Å². The summed E-state index contributed by atoms with van der Waals surface area (Å²) >= 11 is 5.56. The molecular formula is C9H6ClNO5. The zero-order valence-corrected chi connectivity index (χ0v) is 8.49. The van der Waals surface area contributed by atoms with Crippen molar-refractivity contribution in [2.24, 2.45) is 5.73 Å². The average Bonchev–Trinajstić information content (AvgIpc) is 2.15. The maximum atomic E-state index is 11.0. The minimum absolute atomic E-state index is 0.244. The second-order valence-electron chi connectivity index (χ2n) is 2.82. The fraction of sp³-hybridized carbons (Fsp3) is 0. The van der Waals surface area contributed by atoms with Gasteiger partial charge in [0, 0.05) is 0 Å². The fourth-order valence-corrected chi connectivity index (χ4v) is 1.46. The fourth-order valence-electron chi connectivity index (χ4n) is 1.22. The lowest BCUT2D eigenvalue weighted by molar-refractivity contribution is 0.0688. The Labute approximate surface area is 94.2 Å². The maximum absolute atomic E-state index is 11.0. The van der Waals surface area contributed by atoms with Crippen LogP contribution in [0.4, 0.5) is 0 Å². The Bertz CT molecular complexity index is 497. The number of hydrogen-bond acceptors (Lipinski definition) is 3. The van der Waals surface area contributed by atoms with E-state index < -0.39 is 34.5 Å². The summed E-state index contributed by atoms with van der Waals surface area (Å²) in [5.41, 5.74) is 3.24. The highest BCUT2D eigenvalue weighted by molar-refractivity contribution is 6.35. The van der Waals surface area contributed by atoms with Gasteiger partial charge in [-0.1, -0.05) is 11.6 Å². The normalized spacial score (nSPS) is 9.81. The molecule has 16 heavy (non-hydrogen) atoms. The Morgan fingerprint density at radius 2 is 1.62 bits per heavy atom. The van der Waals surface area contributed by atoms with Gasteiger partial charge in [-0.15, -0.1) is 0 Å². The lowest BCUT2D eigenvalue weighted by Crippen LogP contribution is -2.21. The molecule has 84 valence electrons. The van der Waals surface area contributed by atoms with E-state index in [2.05, 4.69) is 0 Å². The molecule has 0 radical (unpaired) electrons. The predicted octanol–water partition coefficient (Wildman–Crippen LogP) is 0.835. The van der Waals surface area contributed by atoms with E-state index in [1.165, 1.54) is 0 Å². The number of nitrogens with two attached hydrogens (primary N) is 1. The van der Waals surface area contributed by atoms with Crippen molar-refractivity contribution in [1.82, 2.24) is 0 Å². The largest absolute Gasteiger partial charge is 0.478 e. The molecule has 7 heteroatoms. The molecule has 0 atom stereocenters. The van der Waals surface area contributed by atoms with E-state index in [1.807, 2.05) is 0 Å². The van der Waals surface area contributed by atoms with Crippen molar-refractivity contribution in [1.29, 1.82) is 0 Å². The van der Waals surface area contributed by atoms with E-state index in [-0.39, 0.29) is 5.02 Å². The molecule has 1 rings (SSSR count). The van der Waals surface area contributed by atoms with Crippen molar-refractivity contribution in [3.05, 3.63) is 33.8 Å². The smallest absolute Gasteiger partial charge is 0.338 e. The number of primary amides is 1. The third-order valence-corrected chi connectivity index (χ3v) is 2.16. The quantitative estimate of drug-likeness (QED) is 0.727. The zero-order chi connectivity index (χ0) is 12.5. The molecule has 0 aliphatic heterocycles. The van der Waals surface area contributed by atoms with E-state index in [0.717, 1.165) is 12.1 Å². The van der Waals surface area contributed by atoms with Crippen LogP contribution in [0, 0.1) is 0 Å².